The maximum atomic E-state index is 13.2. The number of nitrogens with zero attached hydrogens (tertiary/aromatic N) is 1. The molecule has 7 heteroatoms. The summed E-state index contributed by atoms with van der Waals surface area (Å²) in [5.74, 6) is 0.513. The number of nitrogens with one attached hydrogen (secondary N) is 1. The lowest BCUT2D eigenvalue weighted by molar-refractivity contribution is 0.102. The van der Waals surface area contributed by atoms with Crippen molar-refractivity contribution < 1.29 is 18.5 Å². The molecule has 0 aliphatic rings. The summed E-state index contributed by atoms with van der Waals surface area (Å²) in [5.41, 5.74) is 3.18. The first-order chi connectivity index (χ1) is 15.1. The number of hydrogen-bond donors (Lipinski definition) is 1. The molecule has 0 unspecified atom stereocenters. The van der Waals surface area contributed by atoms with Gasteiger partial charge in [-0.15, -0.1) is 0 Å². The van der Waals surface area contributed by atoms with Crippen LogP contribution in [0.4, 0.5) is 5.69 Å². The van der Waals surface area contributed by atoms with Gasteiger partial charge in [0.2, 0.25) is 0 Å². The van der Waals surface area contributed by atoms with Crippen molar-refractivity contribution in [3.05, 3.63) is 77.0 Å². The van der Waals surface area contributed by atoms with Crippen molar-refractivity contribution in [1.82, 2.24) is 5.16 Å². The van der Waals surface area contributed by atoms with Crippen LogP contribution in [0.25, 0.3) is 33.2 Å². The smallest absolute Gasteiger partial charge is 0.261 e. The molecule has 0 atom stereocenters. The highest BCUT2D eigenvalue weighted by atomic mass is 35.5. The Labute approximate surface area is 182 Å². The van der Waals surface area contributed by atoms with E-state index in [4.69, 9.17) is 25.3 Å². The number of rotatable bonds is 4. The van der Waals surface area contributed by atoms with Crippen LogP contribution < -0.4 is 10.1 Å². The minimum atomic E-state index is -0.387. The molecule has 0 radical (unpaired) electrons. The van der Waals surface area contributed by atoms with E-state index >= 15 is 0 Å². The summed E-state index contributed by atoms with van der Waals surface area (Å²) in [7, 11) is 1.55. The van der Waals surface area contributed by atoms with Gasteiger partial charge in [0.05, 0.1) is 17.8 Å². The highest BCUT2D eigenvalue weighted by Crippen LogP contribution is 2.37. The number of hydrogen-bond acceptors (Lipinski definition) is 5. The van der Waals surface area contributed by atoms with Crippen LogP contribution in [0.2, 0.25) is 5.02 Å². The van der Waals surface area contributed by atoms with E-state index in [0.29, 0.717) is 44.6 Å². The average molecular weight is 433 g/mol. The van der Waals surface area contributed by atoms with Gasteiger partial charge >= 0.3 is 0 Å². The van der Waals surface area contributed by atoms with Gasteiger partial charge in [-0.1, -0.05) is 53.2 Å². The summed E-state index contributed by atoms with van der Waals surface area (Å²) in [6, 6.07) is 18.5. The van der Waals surface area contributed by atoms with Crippen molar-refractivity contribution in [3.8, 4) is 17.0 Å². The number of ether oxygens (including phenoxy) is 1. The zero-order valence-corrected chi connectivity index (χ0v) is 17.5. The maximum absolute atomic E-state index is 13.2. The number of benzene rings is 3. The van der Waals surface area contributed by atoms with Crippen LogP contribution in [0, 0.1) is 6.92 Å². The Hall–Kier alpha value is -3.77. The summed E-state index contributed by atoms with van der Waals surface area (Å²) < 4.78 is 16.8. The Bertz CT molecular complexity index is 1450. The summed E-state index contributed by atoms with van der Waals surface area (Å²) in [5, 5.41) is 9.32. The van der Waals surface area contributed by atoms with Crippen molar-refractivity contribution in [2.75, 3.05) is 12.4 Å². The zero-order chi connectivity index (χ0) is 21.5. The van der Waals surface area contributed by atoms with E-state index < -0.39 is 0 Å². The van der Waals surface area contributed by atoms with Gasteiger partial charge in [0.15, 0.2) is 0 Å². The number of carbonyl (C=O) groups excluding carboxylic acids is 1. The minimum Gasteiger partial charge on any atom is -0.495 e. The summed E-state index contributed by atoms with van der Waals surface area (Å²) in [6.45, 7) is 1.68. The fourth-order valence-corrected chi connectivity index (χ4v) is 3.90. The summed E-state index contributed by atoms with van der Waals surface area (Å²) in [4.78, 5) is 13.2. The number of anilines is 1. The van der Waals surface area contributed by atoms with Crippen LogP contribution in [-0.2, 0) is 0 Å². The largest absolute Gasteiger partial charge is 0.495 e. The molecule has 2 heterocycles. The predicted molar refractivity (Wildman–Crippen MR) is 120 cm³/mol. The van der Waals surface area contributed by atoms with Gasteiger partial charge in [-0.25, -0.2) is 0 Å². The molecule has 1 amide bonds. The Morgan fingerprint density at radius 2 is 1.81 bits per heavy atom. The molecular formula is C24H17ClN2O4. The van der Waals surface area contributed by atoms with E-state index in [1.54, 1.807) is 32.2 Å². The number of halogens is 1. The van der Waals surface area contributed by atoms with Crippen molar-refractivity contribution in [3.63, 3.8) is 0 Å². The Balaban J connectivity index is 1.58. The van der Waals surface area contributed by atoms with E-state index in [1.807, 2.05) is 42.5 Å². The molecule has 31 heavy (non-hydrogen) atoms. The van der Waals surface area contributed by atoms with E-state index in [2.05, 4.69) is 10.5 Å². The molecule has 0 aliphatic heterocycles. The second-order valence-electron chi connectivity index (χ2n) is 7.04. The first kappa shape index (κ1) is 19.2. The van der Waals surface area contributed by atoms with E-state index in [-0.39, 0.29) is 5.91 Å². The molecule has 0 spiro atoms. The number of para-hydroxylation sites is 1. The van der Waals surface area contributed by atoms with Crippen LogP contribution in [0.5, 0.6) is 5.75 Å². The second kappa shape index (κ2) is 7.49. The molecule has 2 aromatic heterocycles. The van der Waals surface area contributed by atoms with Crippen molar-refractivity contribution >= 4 is 45.1 Å². The van der Waals surface area contributed by atoms with Crippen molar-refractivity contribution in [1.29, 1.82) is 0 Å². The molecule has 6 nitrogen and oxygen atoms in total. The van der Waals surface area contributed by atoms with Gasteiger partial charge in [-0.2, -0.15) is 0 Å². The first-order valence-electron chi connectivity index (χ1n) is 9.58. The molecule has 1 N–H and O–H groups in total. The van der Waals surface area contributed by atoms with Crippen molar-refractivity contribution in [2.24, 2.45) is 0 Å². The number of furan rings is 1. The third-order valence-corrected chi connectivity index (χ3v) is 5.50. The standard InChI is InChI=1S/C24H17ClN2O4/c1-13-22(23(27-31-13)15-8-3-5-9-17(15)25)24(28)26-18-12-20-16(11-21(18)29-2)14-7-4-6-10-19(14)30-20/h3-12H,1-2H3,(H,26,28). The van der Waals surface area contributed by atoms with Crippen LogP contribution in [-0.4, -0.2) is 18.2 Å². The molecule has 0 saturated carbocycles. The predicted octanol–water partition coefficient (Wildman–Crippen LogP) is 6.46. The van der Waals surface area contributed by atoms with Crippen LogP contribution >= 0.6 is 11.6 Å². The van der Waals surface area contributed by atoms with E-state index in [9.17, 15) is 4.79 Å². The maximum Gasteiger partial charge on any atom is 0.261 e. The topological polar surface area (TPSA) is 77.5 Å². The normalized spacial score (nSPS) is 11.2. The average Bonchev–Trinajstić information content (AvgIpc) is 3.33. The summed E-state index contributed by atoms with van der Waals surface area (Å²) >= 11 is 6.31. The lowest BCUT2D eigenvalue weighted by Crippen LogP contribution is -2.14. The lowest BCUT2D eigenvalue weighted by Gasteiger charge is -2.11. The third kappa shape index (κ3) is 3.21. The summed E-state index contributed by atoms with van der Waals surface area (Å²) in [6.07, 6.45) is 0. The Morgan fingerprint density at radius 1 is 1.03 bits per heavy atom. The minimum absolute atomic E-state index is 0.305. The van der Waals surface area contributed by atoms with Crippen LogP contribution in [0.3, 0.4) is 0 Å². The number of aromatic nitrogens is 1. The second-order valence-corrected chi connectivity index (χ2v) is 7.45. The van der Waals surface area contributed by atoms with Gasteiger partial charge in [0.25, 0.3) is 5.91 Å². The number of fused-ring (bicyclic) bond motifs is 3. The van der Waals surface area contributed by atoms with E-state index in [1.165, 1.54) is 0 Å². The third-order valence-electron chi connectivity index (χ3n) is 5.17. The monoisotopic (exact) mass is 432 g/mol. The number of amides is 1. The van der Waals surface area contributed by atoms with Gasteiger partial charge in [-0.05, 0) is 25.1 Å². The number of carbonyl (C=O) groups is 1. The quantitative estimate of drug-likeness (QED) is 0.352. The molecule has 154 valence electrons. The highest BCUT2D eigenvalue weighted by Gasteiger charge is 2.24. The fraction of sp³-hybridized carbons (Fsp3) is 0.0833. The molecule has 0 fully saturated rings. The molecule has 0 aliphatic carbocycles. The first-order valence-corrected chi connectivity index (χ1v) is 9.96. The van der Waals surface area contributed by atoms with Crippen LogP contribution in [0.1, 0.15) is 16.1 Å². The lowest BCUT2D eigenvalue weighted by atomic mass is 10.1. The number of methoxy groups -OCH3 is 1. The van der Waals surface area contributed by atoms with Crippen LogP contribution in [0.15, 0.2) is 69.6 Å². The van der Waals surface area contributed by atoms with Gasteiger partial charge < -0.3 is 19.0 Å². The van der Waals surface area contributed by atoms with E-state index in [0.717, 1.165) is 16.4 Å². The van der Waals surface area contributed by atoms with Gasteiger partial charge in [-0.3, -0.25) is 4.79 Å². The molecular weight excluding hydrogens is 416 g/mol. The molecule has 5 aromatic rings. The molecule has 0 bridgehead atoms. The van der Waals surface area contributed by atoms with Gasteiger partial charge in [0, 0.05) is 22.4 Å². The van der Waals surface area contributed by atoms with Gasteiger partial charge in [0.1, 0.15) is 33.9 Å². The zero-order valence-electron chi connectivity index (χ0n) is 16.7. The fourth-order valence-electron chi connectivity index (χ4n) is 3.68. The molecule has 0 saturated heterocycles. The SMILES string of the molecule is COc1cc2c(cc1NC(=O)c1c(-c3ccccc3Cl)noc1C)oc1ccccc12. The van der Waals surface area contributed by atoms with Crippen molar-refractivity contribution in [2.45, 2.75) is 6.92 Å². The Kier molecular flexibility index (Phi) is 4.64. The molecule has 3 aromatic carbocycles. The highest BCUT2D eigenvalue weighted by molar-refractivity contribution is 6.33. The molecule has 5 rings (SSSR count). The Morgan fingerprint density at radius 3 is 2.61 bits per heavy atom. The number of aryl methyl sites for hydroxylation is 1.